The minimum Gasteiger partial charge on any atom is -0.478 e. The Labute approximate surface area is 101 Å². The highest BCUT2D eigenvalue weighted by atomic mass is 32.2. The molecular weight excluding hydrogens is 242 g/mol. The molecule has 0 heterocycles. The number of nitrogens with zero attached hydrogens (tertiary/aromatic N) is 1. The van der Waals surface area contributed by atoms with Crippen molar-refractivity contribution in [3.8, 4) is 0 Å². The van der Waals surface area contributed by atoms with Crippen molar-refractivity contribution in [3.05, 3.63) is 29.8 Å². The molecule has 17 heavy (non-hydrogen) atoms. The highest BCUT2D eigenvalue weighted by molar-refractivity contribution is 7.92. The highest BCUT2D eigenvalue weighted by Gasteiger charge is 2.23. The summed E-state index contributed by atoms with van der Waals surface area (Å²) in [4.78, 5) is 11.0. The molecule has 0 radical (unpaired) electrons. The van der Waals surface area contributed by atoms with Gasteiger partial charge in [0.2, 0.25) is 10.0 Å². The van der Waals surface area contributed by atoms with Crippen molar-refractivity contribution in [2.75, 3.05) is 16.6 Å². The summed E-state index contributed by atoms with van der Waals surface area (Å²) in [5, 5.41) is 9.03. The highest BCUT2D eigenvalue weighted by Crippen LogP contribution is 2.23. The second-order valence-electron chi connectivity index (χ2n) is 3.39. The molecule has 0 fully saturated rings. The number of sulfonamides is 1. The Kier molecular flexibility index (Phi) is 4.11. The predicted octanol–water partition coefficient (Wildman–Crippen LogP) is 1.56. The first-order valence-electron chi connectivity index (χ1n) is 5.26. The molecule has 0 aromatic heterocycles. The van der Waals surface area contributed by atoms with Crippen molar-refractivity contribution in [1.82, 2.24) is 0 Å². The van der Waals surface area contributed by atoms with E-state index in [1.54, 1.807) is 19.1 Å². The standard InChI is InChI=1S/C11H15NO4S/c1-3-12(17(15,16)4-2)10-8-6-5-7-9(10)11(13)14/h5-8H,3-4H2,1-2H3,(H,13,14). The van der Waals surface area contributed by atoms with Crippen molar-refractivity contribution in [2.24, 2.45) is 0 Å². The average molecular weight is 257 g/mol. The summed E-state index contributed by atoms with van der Waals surface area (Å²) in [7, 11) is -3.45. The topological polar surface area (TPSA) is 74.7 Å². The van der Waals surface area contributed by atoms with Crippen LogP contribution in [0.1, 0.15) is 24.2 Å². The molecule has 0 atom stereocenters. The second-order valence-corrected chi connectivity index (χ2v) is 5.57. The molecule has 1 rings (SSSR count). The SMILES string of the molecule is CCN(c1ccccc1C(=O)O)S(=O)(=O)CC. The molecule has 0 saturated heterocycles. The lowest BCUT2D eigenvalue weighted by Crippen LogP contribution is -2.33. The lowest BCUT2D eigenvalue weighted by atomic mass is 10.2. The maximum atomic E-state index is 11.8. The summed E-state index contributed by atoms with van der Waals surface area (Å²) < 4.78 is 24.8. The Morgan fingerprint density at radius 1 is 1.29 bits per heavy atom. The minimum atomic E-state index is -3.45. The Bertz CT molecular complexity index is 510. The molecule has 0 unspecified atom stereocenters. The van der Waals surface area contributed by atoms with E-state index in [-0.39, 0.29) is 23.5 Å². The molecular formula is C11H15NO4S. The molecule has 0 bridgehead atoms. The van der Waals surface area contributed by atoms with Crippen LogP contribution in [0, 0.1) is 0 Å². The third-order valence-corrected chi connectivity index (χ3v) is 4.25. The minimum absolute atomic E-state index is 0.00799. The summed E-state index contributed by atoms with van der Waals surface area (Å²) in [6.07, 6.45) is 0. The monoisotopic (exact) mass is 257 g/mol. The van der Waals surface area contributed by atoms with E-state index in [9.17, 15) is 13.2 Å². The van der Waals surface area contributed by atoms with Crippen LogP contribution in [0.4, 0.5) is 5.69 Å². The fourth-order valence-corrected chi connectivity index (χ4v) is 2.71. The van der Waals surface area contributed by atoms with Crippen LogP contribution < -0.4 is 4.31 Å². The van der Waals surface area contributed by atoms with Gasteiger partial charge in [0.25, 0.3) is 0 Å². The quantitative estimate of drug-likeness (QED) is 0.868. The van der Waals surface area contributed by atoms with Crippen LogP contribution in [-0.2, 0) is 10.0 Å². The summed E-state index contributed by atoms with van der Waals surface area (Å²) >= 11 is 0. The molecule has 94 valence electrons. The second kappa shape index (κ2) is 5.18. The molecule has 1 aromatic rings. The maximum absolute atomic E-state index is 11.8. The zero-order valence-corrected chi connectivity index (χ0v) is 10.6. The molecule has 0 saturated carbocycles. The lowest BCUT2D eigenvalue weighted by molar-refractivity contribution is 0.0698. The van der Waals surface area contributed by atoms with Crippen molar-refractivity contribution in [1.29, 1.82) is 0 Å². The number of para-hydroxylation sites is 1. The molecule has 1 aromatic carbocycles. The van der Waals surface area contributed by atoms with Gasteiger partial charge in [0.1, 0.15) is 0 Å². The van der Waals surface area contributed by atoms with E-state index in [2.05, 4.69) is 0 Å². The Morgan fingerprint density at radius 3 is 2.35 bits per heavy atom. The first-order chi connectivity index (χ1) is 7.94. The largest absolute Gasteiger partial charge is 0.478 e. The van der Waals surface area contributed by atoms with E-state index in [4.69, 9.17) is 5.11 Å². The lowest BCUT2D eigenvalue weighted by Gasteiger charge is -2.23. The molecule has 0 spiro atoms. The van der Waals surface area contributed by atoms with Gasteiger partial charge in [-0.2, -0.15) is 0 Å². The Balaban J connectivity index is 3.36. The summed E-state index contributed by atoms with van der Waals surface area (Å²) in [5.41, 5.74) is 0.204. The summed E-state index contributed by atoms with van der Waals surface area (Å²) in [6.45, 7) is 3.41. The van der Waals surface area contributed by atoms with E-state index in [1.807, 2.05) is 0 Å². The van der Waals surface area contributed by atoms with Gasteiger partial charge in [-0.3, -0.25) is 4.31 Å². The van der Waals surface area contributed by atoms with Gasteiger partial charge in [-0.05, 0) is 26.0 Å². The van der Waals surface area contributed by atoms with Crippen molar-refractivity contribution in [2.45, 2.75) is 13.8 Å². The van der Waals surface area contributed by atoms with E-state index in [0.717, 1.165) is 4.31 Å². The van der Waals surface area contributed by atoms with Gasteiger partial charge in [-0.1, -0.05) is 12.1 Å². The number of carboxylic acids is 1. The first kappa shape index (κ1) is 13.5. The molecule has 0 aliphatic rings. The van der Waals surface area contributed by atoms with Crippen LogP contribution in [0.2, 0.25) is 0 Å². The van der Waals surface area contributed by atoms with Crippen molar-refractivity contribution >= 4 is 21.7 Å². The molecule has 0 amide bonds. The van der Waals surface area contributed by atoms with E-state index < -0.39 is 16.0 Å². The van der Waals surface area contributed by atoms with E-state index >= 15 is 0 Å². The zero-order chi connectivity index (χ0) is 13.1. The van der Waals surface area contributed by atoms with Crippen molar-refractivity contribution in [3.63, 3.8) is 0 Å². The Morgan fingerprint density at radius 2 is 1.88 bits per heavy atom. The number of carbonyl (C=O) groups is 1. The predicted molar refractivity (Wildman–Crippen MR) is 65.9 cm³/mol. The van der Waals surface area contributed by atoms with Crippen molar-refractivity contribution < 1.29 is 18.3 Å². The molecule has 6 heteroatoms. The number of hydrogen-bond acceptors (Lipinski definition) is 3. The van der Waals surface area contributed by atoms with E-state index in [0.29, 0.717) is 0 Å². The van der Waals surface area contributed by atoms with Crippen LogP contribution in [-0.4, -0.2) is 31.8 Å². The molecule has 5 nitrogen and oxygen atoms in total. The third kappa shape index (κ3) is 2.76. The Hall–Kier alpha value is -1.56. The summed E-state index contributed by atoms with van der Waals surface area (Å²) in [6, 6.07) is 6.08. The van der Waals surface area contributed by atoms with Gasteiger partial charge in [0.15, 0.2) is 0 Å². The number of benzene rings is 1. The molecule has 1 N–H and O–H groups in total. The summed E-state index contributed by atoms with van der Waals surface area (Å²) in [5.74, 6) is -1.19. The number of anilines is 1. The van der Waals surface area contributed by atoms with Crippen LogP contribution in [0.25, 0.3) is 0 Å². The van der Waals surface area contributed by atoms with Gasteiger partial charge in [-0.25, -0.2) is 13.2 Å². The molecule has 0 aliphatic heterocycles. The number of aromatic carboxylic acids is 1. The number of carboxylic acid groups (broad SMARTS) is 1. The maximum Gasteiger partial charge on any atom is 0.337 e. The van der Waals surface area contributed by atoms with Gasteiger partial charge in [0.05, 0.1) is 17.0 Å². The normalized spacial score (nSPS) is 11.2. The van der Waals surface area contributed by atoms with E-state index in [1.165, 1.54) is 19.1 Å². The van der Waals surface area contributed by atoms with Crippen LogP contribution >= 0.6 is 0 Å². The van der Waals surface area contributed by atoms with Crippen LogP contribution in [0.15, 0.2) is 24.3 Å². The third-order valence-electron chi connectivity index (χ3n) is 2.39. The van der Waals surface area contributed by atoms with Gasteiger partial charge < -0.3 is 5.11 Å². The molecule has 0 aliphatic carbocycles. The zero-order valence-electron chi connectivity index (χ0n) is 9.75. The van der Waals surface area contributed by atoms with Crippen LogP contribution in [0.3, 0.4) is 0 Å². The smallest absolute Gasteiger partial charge is 0.337 e. The van der Waals surface area contributed by atoms with Gasteiger partial charge >= 0.3 is 5.97 Å². The van der Waals surface area contributed by atoms with Gasteiger partial charge in [0, 0.05) is 6.54 Å². The number of rotatable bonds is 5. The van der Waals surface area contributed by atoms with Gasteiger partial charge in [-0.15, -0.1) is 0 Å². The first-order valence-corrected chi connectivity index (χ1v) is 6.87. The average Bonchev–Trinajstić information content (AvgIpc) is 2.30. The fraction of sp³-hybridized carbons (Fsp3) is 0.364. The van der Waals surface area contributed by atoms with Crippen LogP contribution in [0.5, 0.6) is 0 Å². The number of hydrogen-bond donors (Lipinski definition) is 1. The fourth-order valence-electron chi connectivity index (χ4n) is 1.54.